The van der Waals surface area contributed by atoms with Crippen molar-refractivity contribution in [2.24, 2.45) is 0 Å². The molecule has 0 bridgehead atoms. The lowest BCUT2D eigenvalue weighted by Crippen LogP contribution is -2.40. The molecule has 0 aliphatic carbocycles. The molecule has 1 aliphatic rings. The molecule has 1 unspecified atom stereocenters. The number of halogens is 1. The molecular formula is C19H18FNO3. The highest BCUT2D eigenvalue weighted by Gasteiger charge is 2.44. The summed E-state index contributed by atoms with van der Waals surface area (Å²) in [4.78, 5) is 26.2. The number of fused-ring (bicyclic) bond motifs is 1. The van der Waals surface area contributed by atoms with E-state index < -0.39 is 29.3 Å². The Morgan fingerprint density at radius 3 is 2.38 bits per heavy atom. The molecule has 0 N–H and O–H groups in total. The van der Waals surface area contributed by atoms with Gasteiger partial charge < -0.3 is 4.74 Å². The Bertz CT molecular complexity index is 796. The quantitative estimate of drug-likeness (QED) is 0.787. The van der Waals surface area contributed by atoms with Crippen molar-refractivity contribution >= 4 is 17.7 Å². The zero-order chi connectivity index (χ0) is 17.5. The van der Waals surface area contributed by atoms with Crippen LogP contribution in [0.1, 0.15) is 37.8 Å². The normalized spacial score (nSPS) is 16.9. The molecule has 1 heterocycles. The number of anilines is 1. The second-order valence-corrected chi connectivity index (χ2v) is 6.68. The number of para-hydroxylation sites is 1. The average Bonchev–Trinajstić information content (AvgIpc) is 2.80. The minimum absolute atomic E-state index is 0.0226. The summed E-state index contributed by atoms with van der Waals surface area (Å²) in [6.07, 6.45) is -0.864. The van der Waals surface area contributed by atoms with E-state index in [1.165, 1.54) is 12.1 Å². The molecule has 24 heavy (non-hydrogen) atoms. The Morgan fingerprint density at radius 2 is 1.75 bits per heavy atom. The van der Waals surface area contributed by atoms with Gasteiger partial charge in [-0.05, 0) is 38.0 Å². The fourth-order valence-electron chi connectivity index (χ4n) is 2.83. The number of amides is 2. The maximum Gasteiger partial charge on any atom is 0.421 e. The van der Waals surface area contributed by atoms with Crippen LogP contribution in [0.4, 0.5) is 14.9 Å². The summed E-state index contributed by atoms with van der Waals surface area (Å²) in [5.74, 6) is -1.84. The van der Waals surface area contributed by atoms with Crippen LogP contribution in [0.2, 0.25) is 0 Å². The van der Waals surface area contributed by atoms with Gasteiger partial charge in [0.05, 0.1) is 11.6 Å². The molecular weight excluding hydrogens is 309 g/mol. The van der Waals surface area contributed by atoms with Gasteiger partial charge in [0.1, 0.15) is 11.4 Å². The van der Waals surface area contributed by atoms with E-state index in [4.69, 9.17) is 4.74 Å². The van der Waals surface area contributed by atoms with Crippen molar-refractivity contribution in [2.45, 2.75) is 32.3 Å². The topological polar surface area (TPSA) is 46.6 Å². The summed E-state index contributed by atoms with van der Waals surface area (Å²) < 4.78 is 19.7. The van der Waals surface area contributed by atoms with Gasteiger partial charge in [-0.25, -0.2) is 14.1 Å². The molecule has 0 saturated heterocycles. The third kappa shape index (κ3) is 2.77. The summed E-state index contributed by atoms with van der Waals surface area (Å²) >= 11 is 0. The van der Waals surface area contributed by atoms with Crippen LogP contribution in [0.25, 0.3) is 0 Å². The van der Waals surface area contributed by atoms with E-state index in [0.717, 1.165) is 4.90 Å². The number of benzene rings is 2. The van der Waals surface area contributed by atoms with E-state index in [2.05, 4.69) is 0 Å². The number of hydrogen-bond donors (Lipinski definition) is 0. The number of nitrogens with zero attached hydrogens (tertiary/aromatic N) is 1. The van der Waals surface area contributed by atoms with Crippen molar-refractivity contribution in [3.8, 4) is 0 Å². The fourth-order valence-corrected chi connectivity index (χ4v) is 2.83. The molecule has 3 rings (SSSR count). The van der Waals surface area contributed by atoms with Crippen LogP contribution in [-0.2, 0) is 9.53 Å². The number of carbonyl (C=O) groups excluding carboxylic acids is 2. The fraction of sp³-hybridized carbons (Fsp3) is 0.263. The Hall–Kier alpha value is -2.69. The zero-order valence-electron chi connectivity index (χ0n) is 13.7. The van der Waals surface area contributed by atoms with Gasteiger partial charge in [0.15, 0.2) is 0 Å². The second kappa shape index (κ2) is 5.74. The van der Waals surface area contributed by atoms with Gasteiger partial charge in [-0.2, -0.15) is 0 Å². The maximum atomic E-state index is 14.4. The van der Waals surface area contributed by atoms with Crippen LogP contribution >= 0.6 is 0 Å². The van der Waals surface area contributed by atoms with Crippen LogP contribution < -0.4 is 4.90 Å². The van der Waals surface area contributed by atoms with Gasteiger partial charge in [0, 0.05) is 0 Å². The van der Waals surface area contributed by atoms with E-state index >= 15 is 0 Å². The van der Waals surface area contributed by atoms with Crippen molar-refractivity contribution in [1.82, 2.24) is 0 Å². The van der Waals surface area contributed by atoms with Crippen molar-refractivity contribution in [3.05, 3.63) is 65.5 Å². The van der Waals surface area contributed by atoms with Crippen LogP contribution in [0.5, 0.6) is 0 Å². The summed E-state index contributed by atoms with van der Waals surface area (Å²) in [7, 11) is 0. The summed E-state index contributed by atoms with van der Waals surface area (Å²) in [5.41, 5.74) is 0.372. The third-order valence-electron chi connectivity index (χ3n) is 3.73. The molecule has 2 aromatic rings. The van der Waals surface area contributed by atoms with Crippen molar-refractivity contribution in [1.29, 1.82) is 0 Å². The van der Waals surface area contributed by atoms with Gasteiger partial charge in [-0.15, -0.1) is 0 Å². The first-order valence-corrected chi connectivity index (χ1v) is 7.70. The van der Waals surface area contributed by atoms with Gasteiger partial charge in [0.25, 0.3) is 0 Å². The standard InChI is InChI=1S/C19H18FNO3/c1-19(2,3)24-18(23)21-16-13(10-7-11-14(16)20)15(17(21)22)12-8-5-4-6-9-12/h4-11,15H,1-3H3. The predicted molar refractivity (Wildman–Crippen MR) is 88.4 cm³/mol. The van der Waals surface area contributed by atoms with Gasteiger partial charge >= 0.3 is 6.09 Å². The number of carbonyl (C=O) groups is 2. The Kier molecular flexibility index (Phi) is 3.87. The summed E-state index contributed by atoms with van der Waals surface area (Å²) in [5, 5.41) is 0. The zero-order valence-corrected chi connectivity index (χ0v) is 13.7. The van der Waals surface area contributed by atoms with Crippen LogP contribution in [0.15, 0.2) is 48.5 Å². The molecule has 0 spiro atoms. The Balaban J connectivity index is 2.10. The Morgan fingerprint density at radius 1 is 1.08 bits per heavy atom. The molecule has 0 fully saturated rings. The van der Waals surface area contributed by atoms with Crippen molar-refractivity contribution in [2.75, 3.05) is 4.90 Å². The lowest BCUT2D eigenvalue weighted by atomic mass is 9.93. The molecule has 124 valence electrons. The number of ether oxygens (including phenoxy) is 1. The highest BCUT2D eigenvalue weighted by Crippen LogP contribution is 2.43. The van der Waals surface area contributed by atoms with Crippen molar-refractivity contribution < 1.29 is 18.7 Å². The molecule has 0 aromatic heterocycles. The molecule has 4 nitrogen and oxygen atoms in total. The lowest BCUT2D eigenvalue weighted by molar-refractivity contribution is -0.118. The minimum Gasteiger partial charge on any atom is -0.443 e. The molecule has 2 amide bonds. The predicted octanol–water partition coefficient (Wildman–Crippen LogP) is 4.24. The molecule has 1 aliphatic heterocycles. The smallest absolute Gasteiger partial charge is 0.421 e. The van der Waals surface area contributed by atoms with E-state index in [-0.39, 0.29) is 5.69 Å². The maximum absolute atomic E-state index is 14.4. The van der Waals surface area contributed by atoms with Gasteiger partial charge in [0.2, 0.25) is 5.91 Å². The van der Waals surface area contributed by atoms with Crippen molar-refractivity contribution in [3.63, 3.8) is 0 Å². The van der Waals surface area contributed by atoms with E-state index in [1.54, 1.807) is 51.1 Å². The average molecular weight is 327 g/mol. The van der Waals surface area contributed by atoms with E-state index in [0.29, 0.717) is 11.1 Å². The van der Waals surface area contributed by atoms with Crippen LogP contribution in [0, 0.1) is 5.82 Å². The number of hydrogen-bond acceptors (Lipinski definition) is 3. The SMILES string of the molecule is CC(C)(C)OC(=O)N1C(=O)C(c2ccccc2)c2cccc(F)c21. The molecule has 0 radical (unpaired) electrons. The van der Waals surface area contributed by atoms with E-state index in [9.17, 15) is 14.0 Å². The van der Waals surface area contributed by atoms with Crippen LogP contribution in [-0.4, -0.2) is 17.6 Å². The molecule has 2 aromatic carbocycles. The molecule has 0 saturated carbocycles. The minimum atomic E-state index is -0.864. The highest BCUT2D eigenvalue weighted by atomic mass is 19.1. The van der Waals surface area contributed by atoms with Crippen LogP contribution in [0.3, 0.4) is 0 Å². The first-order valence-electron chi connectivity index (χ1n) is 7.70. The first kappa shape index (κ1) is 16.2. The van der Waals surface area contributed by atoms with E-state index in [1.807, 2.05) is 6.07 Å². The monoisotopic (exact) mass is 327 g/mol. The first-order chi connectivity index (χ1) is 11.3. The number of rotatable bonds is 1. The van der Waals surface area contributed by atoms with Gasteiger partial charge in [-0.3, -0.25) is 4.79 Å². The molecule has 5 heteroatoms. The summed E-state index contributed by atoms with van der Waals surface area (Å²) in [6, 6.07) is 13.5. The third-order valence-corrected chi connectivity index (χ3v) is 3.73. The second-order valence-electron chi connectivity index (χ2n) is 6.68. The summed E-state index contributed by atoms with van der Waals surface area (Å²) in [6.45, 7) is 5.09. The Labute approximate surface area is 139 Å². The largest absolute Gasteiger partial charge is 0.443 e. The molecule has 1 atom stereocenters. The highest BCUT2D eigenvalue weighted by molar-refractivity contribution is 6.20. The van der Waals surface area contributed by atoms with Gasteiger partial charge in [-0.1, -0.05) is 42.5 Å². The number of imide groups is 1. The lowest BCUT2D eigenvalue weighted by Gasteiger charge is -2.24.